The van der Waals surface area contributed by atoms with E-state index in [1.165, 1.54) is 12.1 Å². The van der Waals surface area contributed by atoms with Crippen LogP contribution < -0.4 is 15.4 Å². The highest BCUT2D eigenvalue weighted by atomic mass is 19.1. The van der Waals surface area contributed by atoms with Crippen molar-refractivity contribution >= 4 is 17.5 Å². The summed E-state index contributed by atoms with van der Waals surface area (Å²) in [5, 5.41) is 5.61. The molecule has 0 saturated heterocycles. The van der Waals surface area contributed by atoms with Crippen LogP contribution in [0.1, 0.15) is 29.6 Å². The van der Waals surface area contributed by atoms with Gasteiger partial charge in [-0.3, -0.25) is 9.59 Å². The fourth-order valence-electron chi connectivity index (χ4n) is 2.31. The van der Waals surface area contributed by atoms with E-state index in [0.717, 1.165) is 12.8 Å². The van der Waals surface area contributed by atoms with Crippen LogP contribution in [0.3, 0.4) is 0 Å². The number of rotatable bonds is 7. The molecule has 0 radical (unpaired) electrons. The maximum atomic E-state index is 13.4. The Morgan fingerprint density at radius 2 is 1.80 bits per heavy atom. The van der Waals surface area contributed by atoms with Crippen LogP contribution in [-0.2, 0) is 4.79 Å². The molecular weight excluding hydrogens is 323 g/mol. The van der Waals surface area contributed by atoms with Gasteiger partial charge in [0.1, 0.15) is 0 Å². The zero-order valence-corrected chi connectivity index (χ0v) is 13.6. The van der Waals surface area contributed by atoms with Gasteiger partial charge in [0, 0.05) is 6.04 Å². The molecule has 1 aliphatic carbocycles. The molecule has 0 spiro atoms. The molecule has 2 aromatic rings. The van der Waals surface area contributed by atoms with E-state index in [1.54, 1.807) is 36.4 Å². The van der Waals surface area contributed by atoms with Gasteiger partial charge in [0.2, 0.25) is 5.91 Å². The summed E-state index contributed by atoms with van der Waals surface area (Å²) in [6.45, 7) is 0.0448. The summed E-state index contributed by atoms with van der Waals surface area (Å²) < 4.78 is 18.7. The third kappa shape index (κ3) is 4.79. The van der Waals surface area contributed by atoms with Crippen molar-refractivity contribution in [3.05, 3.63) is 59.9 Å². The lowest BCUT2D eigenvalue weighted by atomic mass is 10.1. The molecular formula is C19H19FN2O3. The second kappa shape index (κ2) is 7.79. The summed E-state index contributed by atoms with van der Waals surface area (Å²) in [6.07, 6.45) is 2.04. The summed E-state index contributed by atoms with van der Waals surface area (Å²) in [5.74, 6) is -0.853. The first kappa shape index (κ1) is 17.0. The van der Waals surface area contributed by atoms with Crippen molar-refractivity contribution in [3.8, 4) is 5.75 Å². The Morgan fingerprint density at radius 1 is 1.08 bits per heavy atom. The van der Waals surface area contributed by atoms with E-state index in [2.05, 4.69) is 10.6 Å². The van der Waals surface area contributed by atoms with Crippen LogP contribution in [0.25, 0.3) is 0 Å². The molecule has 0 atom stereocenters. The quantitative estimate of drug-likeness (QED) is 0.812. The van der Waals surface area contributed by atoms with E-state index in [4.69, 9.17) is 4.74 Å². The van der Waals surface area contributed by atoms with Crippen molar-refractivity contribution in [2.45, 2.75) is 25.3 Å². The monoisotopic (exact) mass is 342 g/mol. The van der Waals surface area contributed by atoms with Gasteiger partial charge in [-0.15, -0.1) is 0 Å². The molecule has 0 aromatic heterocycles. The number of para-hydroxylation sites is 2. The maximum absolute atomic E-state index is 13.4. The first-order chi connectivity index (χ1) is 12.1. The molecule has 130 valence electrons. The van der Waals surface area contributed by atoms with Crippen molar-refractivity contribution in [1.82, 2.24) is 5.32 Å². The van der Waals surface area contributed by atoms with Gasteiger partial charge in [-0.2, -0.15) is 0 Å². The van der Waals surface area contributed by atoms with Gasteiger partial charge < -0.3 is 15.4 Å². The molecule has 1 fully saturated rings. The molecule has 1 aliphatic rings. The van der Waals surface area contributed by atoms with E-state index in [-0.39, 0.29) is 36.6 Å². The number of carbonyl (C=O) groups excluding carboxylic acids is 2. The average molecular weight is 342 g/mol. The number of halogens is 1. The number of anilines is 1. The molecule has 2 aromatic carbocycles. The van der Waals surface area contributed by atoms with Crippen LogP contribution in [0.15, 0.2) is 48.5 Å². The van der Waals surface area contributed by atoms with Crippen molar-refractivity contribution in [3.63, 3.8) is 0 Å². The summed E-state index contributed by atoms with van der Waals surface area (Å²) in [5.41, 5.74) is 0.884. The molecule has 0 bridgehead atoms. The number of benzene rings is 2. The van der Waals surface area contributed by atoms with Gasteiger partial charge >= 0.3 is 0 Å². The van der Waals surface area contributed by atoms with Crippen LogP contribution in [0.5, 0.6) is 5.75 Å². The van der Waals surface area contributed by atoms with Crippen molar-refractivity contribution in [2.75, 3.05) is 11.9 Å². The molecule has 25 heavy (non-hydrogen) atoms. The van der Waals surface area contributed by atoms with Crippen molar-refractivity contribution < 1.29 is 18.7 Å². The van der Waals surface area contributed by atoms with Crippen LogP contribution in [0.4, 0.5) is 10.1 Å². The molecule has 3 rings (SSSR count). The molecule has 2 N–H and O–H groups in total. The lowest BCUT2D eigenvalue weighted by Crippen LogP contribution is -2.27. The van der Waals surface area contributed by atoms with Crippen LogP contribution in [-0.4, -0.2) is 24.5 Å². The van der Waals surface area contributed by atoms with Gasteiger partial charge in [0.05, 0.1) is 24.3 Å². The Balaban J connectivity index is 1.54. The molecule has 0 aliphatic heterocycles. The van der Waals surface area contributed by atoms with Gasteiger partial charge in [-0.25, -0.2) is 4.39 Å². The molecule has 0 heterocycles. The fourth-order valence-corrected chi connectivity index (χ4v) is 2.31. The van der Waals surface area contributed by atoms with E-state index in [9.17, 15) is 14.0 Å². The van der Waals surface area contributed by atoms with Gasteiger partial charge in [0.15, 0.2) is 11.6 Å². The van der Waals surface area contributed by atoms with Crippen LogP contribution >= 0.6 is 0 Å². The van der Waals surface area contributed by atoms with Gasteiger partial charge in [-0.1, -0.05) is 24.3 Å². The normalized spacial score (nSPS) is 13.2. The second-order valence-corrected chi connectivity index (χ2v) is 5.87. The predicted octanol–water partition coefficient (Wildman–Crippen LogP) is 3.13. The van der Waals surface area contributed by atoms with Crippen LogP contribution in [0, 0.1) is 5.82 Å². The molecule has 1 saturated carbocycles. The largest absolute Gasteiger partial charge is 0.490 e. The predicted molar refractivity (Wildman–Crippen MR) is 92.1 cm³/mol. The number of nitrogens with one attached hydrogen (secondary N) is 2. The highest BCUT2D eigenvalue weighted by molar-refractivity contribution is 6.03. The first-order valence-corrected chi connectivity index (χ1v) is 8.20. The molecule has 5 nitrogen and oxygen atoms in total. The minimum atomic E-state index is -0.468. The lowest BCUT2D eigenvalue weighted by Gasteiger charge is -2.11. The number of carbonyl (C=O) groups is 2. The summed E-state index contributed by atoms with van der Waals surface area (Å²) in [4.78, 5) is 24.3. The minimum absolute atomic E-state index is 0.0448. The zero-order chi connectivity index (χ0) is 17.6. The molecule has 2 amide bonds. The highest BCUT2D eigenvalue weighted by Gasteiger charge is 2.24. The SMILES string of the molecule is O=C(CCOc1ccccc1F)Nc1ccccc1C(=O)NC1CC1. The van der Waals surface area contributed by atoms with Gasteiger partial charge in [0.25, 0.3) is 5.91 Å². The Morgan fingerprint density at radius 3 is 2.56 bits per heavy atom. The fraction of sp³-hybridized carbons (Fsp3) is 0.263. The minimum Gasteiger partial charge on any atom is -0.490 e. The van der Waals surface area contributed by atoms with E-state index in [0.29, 0.717) is 11.3 Å². The second-order valence-electron chi connectivity index (χ2n) is 5.87. The van der Waals surface area contributed by atoms with Gasteiger partial charge in [-0.05, 0) is 37.1 Å². The van der Waals surface area contributed by atoms with Crippen molar-refractivity contribution in [2.24, 2.45) is 0 Å². The highest BCUT2D eigenvalue weighted by Crippen LogP contribution is 2.22. The Kier molecular flexibility index (Phi) is 5.28. The van der Waals surface area contributed by atoms with Crippen molar-refractivity contribution in [1.29, 1.82) is 0 Å². The number of hydrogen-bond donors (Lipinski definition) is 2. The van der Waals surface area contributed by atoms with Crippen LogP contribution in [0.2, 0.25) is 0 Å². The maximum Gasteiger partial charge on any atom is 0.253 e. The number of hydrogen-bond acceptors (Lipinski definition) is 3. The zero-order valence-electron chi connectivity index (χ0n) is 13.6. The topological polar surface area (TPSA) is 67.4 Å². The standard InChI is InChI=1S/C19H19FN2O3/c20-15-6-2-4-8-17(15)25-12-11-18(23)22-16-7-3-1-5-14(16)19(24)21-13-9-10-13/h1-8,13H,9-12H2,(H,21,24)(H,22,23). The smallest absolute Gasteiger partial charge is 0.253 e. The average Bonchev–Trinajstić information content (AvgIpc) is 3.41. The molecule has 6 heteroatoms. The summed E-state index contributed by atoms with van der Waals surface area (Å²) in [7, 11) is 0. The Hall–Kier alpha value is -2.89. The van der Waals surface area contributed by atoms with E-state index < -0.39 is 5.82 Å². The first-order valence-electron chi connectivity index (χ1n) is 8.20. The third-order valence-corrected chi connectivity index (χ3v) is 3.78. The Bertz CT molecular complexity index is 775. The number of ether oxygens (including phenoxy) is 1. The third-order valence-electron chi connectivity index (χ3n) is 3.78. The summed E-state index contributed by atoms with van der Waals surface area (Å²) in [6, 6.07) is 13.1. The Labute approximate surface area is 145 Å². The lowest BCUT2D eigenvalue weighted by molar-refractivity contribution is -0.116. The molecule has 0 unspecified atom stereocenters. The van der Waals surface area contributed by atoms with E-state index in [1.807, 2.05) is 0 Å². The van der Waals surface area contributed by atoms with E-state index >= 15 is 0 Å². The number of amides is 2. The summed E-state index contributed by atoms with van der Waals surface area (Å²) >= 11 is 0.